The van der Waals surface area contributed by atoms with E-state index >= 15 is 0 Å². The van der Waals surface area contributed by atoms with Gasteiger partial charge in [-0.2, -0.15) is 0 Å². The van der Waals surface area contributed by atoms with Crippen LogP contribution in [0.5, 0.6) is 0 Å². The summed E-state index contributed by atoms with van der Waals surface area (Å²) < 4.78 is 131. The maximum absolute atomic E-state index is 13.4. The van der Waals surface area contributed by atoms with E-state index in [1.165, 1.54) is 0 Å². The van der Waals surface area contributed by atoms with Crippen LogP contribution in [-0.4, -0.2) is 0 Å². The molecule has 0 unspecified atom stereocenters. The van der Waals surface area contributed by atoms with Crippen molar-refractivity contribution in [3.05, 3.63) is 80.1 Å². The largest absolute Gasteiger partial charge is 0.203 e. The van der Waals surface area contributed by atoms with Crippen LogP contribution in [0.1, 0.15) is 11.1 Å². The summed E-state index contributed by atoms with van der Waals surface area (Å²) in [6.07, 6.45) is 0.952. The van der Waals surface area contributed by atoms with Gasteiger partial charge in [0, 0.05) is 0 Å². The summed E-state index contributed by atoms with van der Waals surface area (Å²) in [5.41, 5.74) is -2.55. The van der Waals surface area contributed by atoms with Crippen LogP contribution in [0, 0.1) is 58.2 Å². The standard InChI is InChI=1S/C16H4F10S/c17-7-5(8(18)12(22)15(25)11(7)21)1-3-27-4-2-6-9(19)13(23)16(26)14(24)10(6)20/h1-4H. The van der Waals surface area contributed by atoms with Gasteiger partial charge in [-0.25, -0.2) is 43.9 Å². The lowest BCUT2D eigenvalue weighted by Crippen LogP contribution is -2.03. The van der Waals surface area contributed by atoms with Crippen molar-refractivity contribution in [2.24, 2.45) is 0 Å². The molecule has 0 aliphatic rings. The lowest BCUT2D eigenvalue weighted by atomic mass is 10.1. The Balaban J connectivity index is 2.26. The van der Waals surface area contributed by atoms with Crippen LogP contribution in [-0.2, 0) is 0 Å². The van der Waals surface area contributed by atoms with Crippen LogP contribution < -0.4 is 0 Å². The Hall–Kier alpha value is -2.43. The van der Waals surface area contributed by atoms with Gasteiger partial charge in [-0.15, -0.1) is 11.8 Å². The summed E-state index contributed by atoms with van der Waals surface area (Å²) in [5.74, 6) is -21.8. The van der Waals surface area contributed by atoms with E-state index in [1.807, 2.05) is 0 Å². The Bertz CT molecular complexity index is 829. The molecule has 0 amide bonds. The zero-order chi connectivity index (χ0) is 20.5. The summed E-state index contributed by atoms with van der Waals surface area (Å²) in [6.45, 7) is 0. The van der Waals surface area contributed by atoms with E-state index in [0.717, 1.165) is 10.8 Å². The van der Waals surface area contributed by atoms with Crippen molar-refractivity contribution in [3.63, 3.8) is 0 Å². The lowest BCUT2D eigenvalue weighted by molar-refractivity contribution is 0.377. The second-order valence-corrected chi connectivity index (χ2v) is 5.53. The fourth-order valence-corrected chi connectivity index (χ4v) is 2.32. The molecule has 0 aliphatic heterocycles. The van der Waals surface area contributed by atoms with Crippen LogP contribution in [0.3, 0.4) is 0 Å². The Morgan fingerprint density at radius 3 is 0.852 bits per heavy atom. The van der Waals surface area contributed by atoms with E-state index in [1.54, 1.807) is 0 Å². The van der Waals surface area contributed by atoms with Crippen molar-refractivity contribution in [1.29, 1.82) is 0 Å². The van der Waals surface area contributed by atoms with E-state index < -0.39 is 69.3 Å². The van der Waals surface area contributed by atoms with Crippen molar-refractivity contribution in [1.82, 2.24) is 0 Å². The van der Waals surface area contributed by atoms with E-state index in [0.29, 0.717) is 23.9 Å². The third-order valence-corrected chi connectivity index (χ3v) is 3.70. The zero-order valence-electron chi connectivity index (χ0n) is 12.5. The quantitative estimate of drug-likeness (QED) is 0.312. The van der Waals surface area contributed by atoms with E-state index in [2.05, 4.69) is 0 Å². The number of thioether (sulfide) groups is 1. The zero-order valence-corrected chi connectivity index (χ0v) is 13.3. The van der Waals surface area contributed by atoms with E-state index in [-0.39, 0.29) is 0 Å². The molecule has 0 nitrogen and oxygen atoms in total. The monoisotopic (exact) mass is 418 g/mol. The van der Waals surface area contributed by atoms with Gasteiger partial charge in [-0.05, 0) is 23.0 Å². The van der Waals surface area contributed by atoms with Crippen molar-refractivity contribution in [2.45, 2.75) is 0 Å². The molecule has 2 rings (SSSR count). The molecule has 0 saturated heterocycles. The summed E-state index contributed by atoms with van der Waals surface area (Å²) in [6, 6.07) is 0. The minimum Gasteiger partial charge on any atom is -0.203 e. The summed E-state index contributed by atoms with van der Waals surface area (Å²) >= 11 is 0.404. The van der Waals surface area contributed by atoms with Gasteiger partial charge < -0.3 is 0 Å². The maximum Gasteiger partial charge on any atom is 0.200 e. The molecule has 0 aromatic heterocycles. The number of benzene rings is 2. The van der Waals surface area contributed by atoms with Crippen LogP contribution in [0.2, 0.25) is 0 Å². The number of hydrogen-bond donors (Lipinski definition) is 0. The highest BCUT2D eigenvalue weighted by atomic mass is 32.2. The Labute approximate surface area is 148 Å². The molecule has 0 bridgehead atoms. The predicted octanol–water partition coefficient (Wildman–Crippen LogP) is 6.45. The van der Waals surface area contributed by atoms with Gasteiger partial charge >= 0.3 is 0 Å². The first-order valence-electron chi connectivity index (χ1n) is 6.61. The molecule has 0 N–H and O–H groups in total. The molecule has 144 valence electrons. The molecule has 0 saturated carbocycles. The fourth-order valence-electron chi connectivity index (χ4n) is 1.80. The topological polar surface area (TPSA) is 0 Å². The molecule has 0 heterocycles. The van der Waals surface area contributed by atoms with Crippen molar-refractivity contribution in [3.8, 4) is 0 Å². The first kappa shape index (κ1) is 20.9. The first-order valence-corrected chi connectivity index (χ1v) is 7.55. The van der Waals surface area contributed by atoms with E-state index in [4.69, 9.17) is 0 Å². The molecule has 0 atom stereocenters. The number of rotatable bonds is 4. The lowest BCUT2D eigenvalue weighted by Gasteiger charge is -2.04. The van der Waals surface area contributed by atoms with Gasteiger partial charge in [-0.3, -0.25) is 0 Å². The van der Waals surface area contributed by atoms with E-state index in [9.17, 15) is 43.9 Å². The van der Waals surface area contributed by atoms with Gasteiger partial charge in [0.05, 0.1) is 11.1 Å². The second kappa shape index (κ2) is 8.07. The third kappa shape index (κ3) is 3.82. The van der Waals surface area contributed by atoms with Gasteiger partial charge in [-0.1, -0.05) is 0 Å². The Kier molecular flexibility index (Phi) is 6.24. The van der Waals surface area contributed by atoms with Crippen LogP contribution in [0.25, 0.3) is 12.2 Å². The second-order valence-electron chi connectivity index (χ2n) is 4.71. The van der Waals surface area contributed by atoms with Gasteiger partial charge in [0.1, 0.15) is 0 Å². The molecule has 11 heteroatoms. The fraction of sp³-hybridized carbons (Fsp3) is 0. The first-order chi connectivity index (χ1) is 12.6. The molecular formula is C16H4F10S. The average molecular weight is 418 g/mol. The smallest absolute Gasteiger partial charge is 0.200 e. The summed E-state index contributed by atoms with van der Waals surface area (Å²) in [7, 11) is 0. The summed E-state index contributed by atoms with van der Waals surface area (Å²) in [5, 5.41) is 1.53. The van der Waals surface area contributed by atoms with Crippen LogP contribution in [0.15, 0.2) is 10.8 Å². The molecule has 0 radical (unpaired) electrons. The average Bonchev–Trinajstić information content (AvgIpc) is 2.66. The number of hydrogen-bond acceptors (Lipinski definition) is 1. The number of halogens is 10. The summed E-state index contributed by atoms with van der Waals surface area (Å²) in [4.78, 5) is 0. The highest BCUT2D eigenvalue weighted by Gasteiger charge is 2.25. The third-order valence-electron chi connectivity index (χ3n) is 3.11. The van der Waals surface area contributed by atoms with Crippen molar-refractivity contribution < 1.29 is 43.9 Å². The molecule has 2 aromatic rings. The maximum atomic E-state index is 13.4. The highest BCUT2D eigenvalue weighted by Crippen LogP contribution is 2.27. The van der Waals surface area contributed by atoms with Crippen molar-refractivity contribution >= 4 is 23.9 Å². The normalized spacial score (nSPS) is 11.9. The molecule has 0 aliphatic carbocycles. The van der Waals surface area contributed by atoms with Gasteiger partial charge in [0.2, 0.25) is 11.6 Å². The molecule has 0 spiro atoms. The molecule has 0 fully saturated rings. The molecular weight excluding hydrogens is 414 g/mol. The van der Waals surface area contributed by atoms with Crippen LogP contribution >= 0.6 is 11.8 Å². The predicted molar refractivity (Wildman–Crippen MR) is 78.1 cm³/mol. The van der Waals surface area contributed by atoms with Crippen LogP contribution in [0.4, 0.5) is 43.9 Å². The van der Waals surface area contributed by atoms with Gasteiger partial charge in [0.15, 0.2) is 46.5 Å². The minimum atomic E-state index is -2.35. The Morgan fingerprint density at radius 1 is 0.370 bits per heavy atom. The Morgan fingerprint density at radius 2 is 0.593 bits per heavy atom. The van der Waals surface area contributed by atoms with Crippen molar-refractivity contribution in [2.75, 3.05) is 0 Å². The highest BCUT2D eigenvalue weighted by molar-refractivity contribution is 8.05. The SMILES string of the molecule is Fc1c(F)c(F)c(C=CSC=Cc2c(F)c(F)c(F)c(F)c2F)c(F)c1F. The molecule has 2 aromatic carbocycles. The minimum absolute atomic E-state index is 0.404. The molecule has 27 heavy (non-hydrogen) atoms. The van der Waals surface area contributed by atoms with Gasteiger partial charge in [0.25, 0.3) is 0 Å².